The van der Waals surface area contributed by atoms with Crippen molar-refractivity contribution < 1.29 is 9.72 Å². The highest BCUT2D eigenvalue weighted by molar-refractivity contribution is 7.15. The van der Waals surface area contributed by atoms with Crippen LogP contribution in [0.25, 0.3) is 4.96 Å². The van der Waals surface area contributed by atoms with Crippen molar-refractivity contribution in [2.45, 2.75) is 0 Å². The third-order valence-corrected chi connectivity index (χ3v) is 4.18. The summed E-state index contributed by atoms with van der Waals surface area (Å²) in [6, 6.07) is 6.23. The van der Waals surface area contributed by atoms with Crippen molar-refractivity contribution in [2.24, 2.45) is 0 Å². The zero-order valence-electron chi connectivity index (χ0n) is 12.8. The number of para-hydroxylation sites is 2. The smallest absolute Gasteiger partial charge is 0.292 e. The quantitative estimate of drug-likeness (QED) is 0.391. The first kappa shape index (κ1) is 16.6. The maximum atomic E-state index is 12.2. The molecule has 0 saturated carbocycles. The highest BCUT2D eigenvalue weighted by Crippen LogP contribution is 2.22. The predicted octanol–water partition coefficient (Wildman–Crippen LogP) is 1.51. The normalized spacial score (nSPS) is 10.6. The molecule has 0 saturated heterocycles. The van der Waals surface area contributed by atoms with E-state index in [0.717, 1.165) is 0 Å². The zero-order chi connectivity index (χ0) is 17.8. The third-order valence-electron chi connectivity index (χ3n) is 3.41. The minimum atomic E-state index is -0.539. The van der Waals surface area contributed by atoms with Crippen LogP contribution in [0.15, 0.2) is 46.8 Å². The van der Waals surface area contributed by atoms with E-state index in [4.69, 9.17) is 0 Å². The molecule has 0 aliphatic rings. The third kappa shape index (κ3) is 3.48. The van der Waals surface area contributed by atoms with E-state index in [2.05, 4.69) is 15.6 Å². The number of nitro groups is 1. The van der Waals surface area contributed by atoms with Crippen LogP contribution >= 0.6 is 11.3 Å². The highest BCUT2D eigenvalue weighted by atomic mass is 32.1. The Labute approximate surface area is 145 Å². The van der Waals surface area contributed by atoms with Gasteiger partial charge in [0.15, 0.2) is 4.96 Å². The fraction of sp³-hybridized carbons (Fsp3) is 0.133. The van der Waals surface area contributed by atoms with Gasteiger partial charge in [-0.05, 0) is 6.07 Å². The first-order valence-electron chi connectivity index (χ1n) is 7.28. The summed E-state index contributed by atoms with van der Waals surface area (Å²) < 4.78 is 1.31. The predicted molar refractivity (Wildman–Crippen MR) is 93.3 cm³/mol. The number of hydrogen-bond donors (Lipinski definition) is 2. The number of rotatable bonds is 6. The number of fused-ring (bicyclic) bond motifs is 1. The van der Waals surface area contributed by atoms with E-state index >= 15 is 0 Å². The van der Waals surface area contributed by atoms with Gasteiger partial charge < -0.3 is 10.6 Å². The molecule has 0 fully saturated rings. The van der Waals surface area contributed by atoms with Crippen molar-refractivity contribution in [1.29, 1.82) is 0 Å². The molecule has 25 heavy (non-hydrogen) atoms. The Kier molecular flexibility index (Phi) is 4.70. The van der Waals surface area contributed by atoms with E-state index in [1.165, 1.54) is 28.0 Å². The molecule has 0 bridgehead atoms. The summed E-state index contributed by atoms with van der Waals surface area (Å²) in [4.78, 5) is 39.3. The number of anilines is 1. The molecule has 10 heteroatoms. The van der Waals surface area contributed by atoms with Crippen molar-refractivity contribution in [2.75, 3.05) is 18.4 Å². The molecule has 1 aromatic carbocycles. The molecule has 2 aromatic heterocycles. The zero-order valence-corrected chi connectivity index (χ0v) is 13.7. The van der Waals surface area contributed by atoms with E-state index in [1.807, 2.05) is 0 Å². The number of amides is 1. The molecular formula is C15H13N5O4S. The fourth-order valence-corrected chi connectivity index (χ4v) is 2.91. The largest absolute Gasteiger partial charge is 0.378 e. The van der Waals surface area contributed by atoms with Crippen molar-refractivity contribution >= 4 is 33.6 Å². The number of nitro benzene ring substituents is 1. The molecule has 1 amide bonds. The van der Waals surface area contributed by atoms with Crippen LogP contribution in [0.1, 0.15) is 10.4 Å². The average Bonchev–Trinajstić information content (AvgIpc) is 3.08. The minimum Gasteiger partial charge on any atom is -0.378 e. The van der Waals surface area contributed by atoms with Gasteiger partial charge in [0, 0.05) is 36.9 Å². The van der Waals surface area contributed by atoms with Crippen LogP contribution in [-0.4, -0.2) is 33.3 Å². The van der Waals surface area contributed by atoms with Crippen molar-refractivity contribution in [3.05, 3.63) is 68.1 Å². The molecule has 0 aliphatic heterocycles. The SMILES string of the molecule is O=C(NCCNc1ccccc1[N+](=O)[O-])c1cnc2sccn2c1=O. The molecule has 3 aromatic rings. The van der Waals surface area contributed by atoms with E-state index in [-0.39, 0.29) is 24.3 Å². The average molecular weight is 359 g/mol. The van der Waals surface area contributed by atoms with Crippen molar-refractivity contribution in [1.82, 2.24) is 14.7 Å². The van der Waals surface area contributed by atoms with Crippen LogP contribution in [0, 0.1) is 10.1 Å². The molecule has 0 atom stereocenters. The van der Waals surface area contributed by atoms with Crippen LogP contribution in [0.5, 0.6) is 0 Å². The Hall–Kier alpha value is -3.27. The van der Waals surface area contributed by atoms with Gasteiger partial charge >= 0.3 is 0 Å². The standard InChI is InChI=1S/C15H13N5O4S/c21-13(10-9-18-15-19(14(10)22)7-8-25-15)17-6-5-16-11-3-1-2-4-12(11)20(23)24/h1-4,7-9,16H,5-6H2,(H,17,21). The fourth-order valence-electron chi connectivity index (χ4n) is 2.23. The van der Waals surface area contributed by atoms with Crippen molar-refractivity contribution in [3.8, 4) is 0 Å². The van der Waals surface area contributed by atoms with Gasteiger partial charge in [-0.2, -0.15) is 0 Å². The summed E-state index contributed by atoms with van der Waals surface area (Å²) in [7, 11) is 0. The van der Waals surface area contributed by atoms with Crippen LogP contribution in [0.3, 0.4) is 0 Å². The molecule has 0 aliphatic carbocycles. The lowest BCUT2D eigenvalue weighted by molar-refractivity contribution is -0.384. The molecule has 3 rings (SSSR count). The molecule has 0 unspecified atom stereocenters. The second kappa shape index (κ2) is 7.09. The molecule has 2 heterocycles. The van der Waals surface area contributed by atoms with E-state index in [0.29, 0.717) is 10.6 Å². The Morgan fingerprint density at radius 1 is 1.32 bits per heavy atom. The van der Waals surface area contributed by atoms with Crippen LogP contribution in [-0.2, 0) is 0 Å². The monoisotopic (exact) mass is 359 g/mol. The van der Waals surface area contributed by atoms with Gasteiger partial charge in [0.05, 0.1) is 4.92 Å². The summed E-state index contributed by atoms with van der Waals surface area (Å²) in [5.74, 6) is -0.539. The maximum absolute atomic E-state index is 12.2. The van der Waals surface area contributed by atoms with Crippen LogP contribution in [0.4, 0.5) is 11.4 Å². The first-order chi connectivity index (χ1) is 12.1. The summed E-state index contributed by atoms with van der Waals surface area (Å²) in [5.41, 5.74) is -0.167. The molecule has 2 N–H and O–H groups in total. The lowest BCUT2D eigenvalue weighted by Gasteiger charge is -2.08. The van der Waals surface area contributed by atoms with Crippen LogP contribution in [0.2, 0.25) is 0 Å². The Morgan fingerprint density at radius 2 is 2.12 bits per heavy atom. The Bertz CT molecular complexity index is 997. The summed E-state index contributed by atoms with van der Waals surface area (Å²) in [5, 5.41) is 18.1. The van der Waals surface area contributed by atoms with Gasteiger partial charge in [0.1, 0.15) is 11.3 Å². The number of thiazole rings is 1. The Balaban J connectivity index is 1.60. The number of nitrogens with one attached hydrogen (secondary N) is 2. The van der Waals surface area contributed by atoms with E-state index in [1.54, 1.807) is 29.8 Å². The topological polar surface area (TPSA) is 119 Å². The Morgan fingerprint density at radius 3 is 2.92 bits per heavy atom. The molecule has 0 radical (unpaired) electrons. The molecule has 0 spiro atoms. The van der Waals surface area contributed by atoms with Gasteiger partial charge in [-0.15, -0.1) is 11.3 Å². The highest BCUT2D eigenvalue weighted by Gasteiger charge is 2.14. The second-order valence-electron chi connectivity index (χ2n) is 4.99. The number of carbonyl (C=O) groups excluding carboxylic acids is 1. The number of aromatic nitrogens is 2. The summed E-state index contributed by atoms with van der Waals surface area (Å²) in [6.45, 7) is 0.461. The van der Waals surface area contributed by atoms with E-state index < -0.39 is 16.4 Å². The molecule has 128 valence electrons. The lowest BCUT2D eigenvalue weighted by atomic mass is 10.2. The lowest BCUT2D eigenvalue weighted by Crippen LogP contribution is -2.34. The number of carbonyl (C=O) groups is 1. The number of benzene rings is 1. The van der Waals surface area contributed by atoms with Crippen molar-refractivity contribution in [3.63, 3.8) is 0 Å². The molecule has 9 nitrogen and oxygen atoms in total. The van der Waals surface area contributed by atoms with E-state index in [9.17, 15) is 19.7 Å². The van der Waals surface area contributed by atoms with Gasteiger partial charge in [0.25, 0.3) is 17.2 Å². The number of nitrogens with zero attached hydrogens (tertiary/aromatic N) is 3. The molecular weight excluding hydrogens is 346 g/mol. The second-order valence-corrected chi connectivity index (χ2v) is 5.86. The van der Waals surface area contributed by atoms with Gasteiger partial charge in [-0.3, -0.25) is 24.1 Å². The number of hydrogen-bond acceptors (Lipinski definition) is 7. The maximum Gasteiger partial charge on any atom is 0.292 e. The first-order valence-corrected chi connectivity index (χ1v) is 8.16. The minimum absolute atomic E-state index is 0.0424. The van der Waals surface area contributed by atoms with Gasteiger partial charge in [0.2, 0.25) is 0 Å². The summed E-state index contributed by atoms with van der Waals surface area (Å²) >= 11 is 1.30. The van der Waals surface area contributed by atoms with Crippen LogP contribution < -0.4 is 16.2 Å². The van der Waals surface area contributed by atoms with Gasteiger partial charge in [-0.1, -0.05) is 12.1 Å². The van der Waals surface area contributed by atoms with Gasteiger partial charge in [-0.25, -0.2) is 4.98 Å². The summed E-state index contributed by atoms with van der Waals surface area (Å²) in [6.07, 6.45) is 2.81.